The number of rotatable bonds is 9. The number of aliphatic hydroxyl groups excluding tert-OH is 1. The van der Waals surface area contributed by atoms with Crippen molar-refractivity contribution < 1.29 is 19.4 Å². The van der Waals surface area contributed by atoms with Crippen LogP contribution in [0.2, 0.25) is 0 Å². The fourth-order valence-corrected chi connectivity index (χ4v) is 4.62. The topological polar surface area (TPSA) is 75.1 Å². The second-order valence-electron chi connectivity index (χ2n) is 8.07. The van der Waals surface area contributed by atoms with E-state index in [-0.39, 0.29) is 12.6 Å². The zero-order valence-corrected chi connectivity index (χ0v) is 19.5. The van der Waals surface area contributed by atoms with Crippen LogP contribution in [0.25, 0.3) is 10.6 Å². The van der Waals surface area contributed by atoms with Gasteiger partial charge >= 0.3 is 5.97 Å². The monoisotopic (exact) mass is 467 g/mol. The smallest absolute Gasteiger partial charge is 0.337 e. The van der Waals surface area contributed by atoms with Crippen LogP contribution in [-0.4, -0.2) is 78.4 Å². The molecular weight excluding hydrogens is 438 g/mol. The molecule has 0 radical (unpaired) electrons. The lowest BCUT2D eigenvalue weighted by atomic mass is 10.2. The van der Waals surface area contributed by atoms with Gasteiger partial charge in [0, 0.05) is 50.2 Å². The number of piperazine rings is 1. The Labute approximate surface area is 198 Å². The number of thiazole rings is 1. The minimum atomic E-state index is -0.580. The van der Waals surface area contributed by atoms with E-state index in [1.54, 1.807) is 35.6 Å². The van der Waals surface area contributed by atoms with Crippen LogP contribution in [-0.2, 0) is 11.3 Å². The normalized spacial score (nSPS) is 15.8. The standard InChI is InChI=1S/C25H29N3O4S/c1-31-25(30)20-7-9-23(10-8-20)32-17-22(29)16-28-13-11-27(12-14-28)15-21-18-33-24(26-21)19-5-3-2-4-6-19/h2-10,18,22,29H,11-17H2,1H3. The SMILES string of the molecule is COC(=O)c1ccc(OCC(O)CN2CCN(Cc3csc(-c4ccccc4)n3)CC2)cc1. The van der Waals surface area contributed by atoms with E-state index < -0.39 is 6.10 Å². The van der Waals surface area contributed by atoms with Gasteiger partial charge in [0.15, 0.2) is 0 Å². The Kier molecular flexibility index (Phi) is 8.06. The molecule has 1 aliphatic rings. The third-order valence-corrected chi connectivity index (χ3v) is 6.55. The third kappa shape index (κ3) is 6.61. The first-order valence-electron chi connectivity index (χ1n) is 11.0. The molecule has 1 fully saturated rings. The maximum atomic E-state index is 11.5. The number of carbonyl (C=O) groups excluding carboxylic acids is 1. The van der Waals surface area contributed by atoms with Crippen LogP contribution in [0.1, 0.15) is 16.1 Å². The minimum Gasteiger partial charge on any atom is -0.491 e. The van der Waals surface area contributed by atoms with Crippen molar-refractivity contribution in [1.29, 1.82) is 0 Å². The molecule has 0 bridgehead atoms. The van der Waals surface area contributed by atoms with Crippen LogP contribution in [0, 0.1) is 0 Å². The molecule has 1 N–H and O–H groups in total. The molecule has 0 saturated carbocycles. The summed E-state index contributed by atoms with van der Waals surface area (Å²) in [6, 6.07) is 17.0. The molecule has 3 aromatic rings. The molecule has 1 aromatic heterocycles. The molecule has 33 heavy (non-hydrogen) atoms. The third-order valence-electron chi connectivity index (χ3n) is 5.61. The number of carbonyl (C=O) groups is 1. The first-order chi connectivity index (χ1) is 16.1. The molecule has 0 amide bonds. The van der Waals surface area contributed by atoms with Crippen LogP contribution in [0.5, 0.6) is 5.75 Å². The van der Waals surface area contributed by atoms with E-state index in [2.05, 4.69) is 32.0 Å². The molecule has 1 atom stereocenters. The van der Waals surface area contributed by atoms with Gasteiger partial charge in [-0.3, -0.25) is 9.80 Å². The minimum absolute atomic E-state index is 0.207. The van der Waals surface area contributed by atoms with Gasteiger partial charge in [0.25, 0.3) is 0 Å². The number of β-amino-alcohol motifs (C(OH)–C–C–N with tert-alkyl or cyclic N) is 1. The van der Waals surface area contributed by atoms with Crippen molar-refractivity contribution in [1.82, 2.24) is 14.8 Å². The number of benzene rings is 2. The lowest BCUT2D eigenvalue weighted by molar-refractivity contribution is 0.0444. The number of ether oxygens (including phenoxy) is 2. The Morgan fingerprint density at radius 2 is 1.76 bits per heavy atom. The van der Waals surface area contributed by atoms with Crippen LogP contribution in [0.3, 0.4) is 0 Å². The van der Waals surface area contributed by atoms with Gasteiger partial charge in [-0.25, -0.2) is 9.78 Å². The number of esters is 1. The van der Waals surface area contributed by atoms with E-state index in [1.807, 2.05) is 18.2 Å². The van der Waals surface area contributed by atoms with Gasteiger partial charge in [0.2, 0.25) is 0 Å². The van der Waals surface area contributed by atoms with Crippen LogP contribution in [0.15, 0.2) is 60.0 Å². The van der Waals surface area contributed by atoms with Crippen molar-refractivity contribution in [2.24, 2.45) is 0 Å². The number of aliphatic hydroxyl groups is 1. The number of nitrogens with zero attached hydrogens (tertiary/aromatic N) is 3. The van der Waals surface area contributed by atoms with E-state index in [1.165, 1.54) is 7.11 Å². The van der Waals surface area contributed by atoms with Crippen molar-refractivity contribution in [3.8, 4) is 16.3 Å². The van der Waals surface area contributed by atoms with Gasteiger partial charge < -0.3 is 14.6 Å². The van der Waals surface area contributed by atoms with E-state index in [0.717, 1.165) is 49.0 Å². The molecule has 0 aliphatic carbocycles. The Bertz CT molecular complexity index is 1020. The summed E-state index contributed by atoms with van der Waals surface area (Å²) < 4.78 is 10.4. The van der Waals surface area contributed by atoms with E-state index in [4.69, 9.17) is 9.72 Å². The van der Waals surface area contributed by atoms with Gasteiger partial charge in [-0.05, 0) is 24.3 Å². The molecule has 174 valence electrons. The van der Waals surface area contributed by atoms with E-state index in [9.17, 15) is 9.90 Å². The largest absolute Gasteiger partial charge is 0.491 e. The van der Waals surface area contributed by atoms with Crippen LogP contribution >= 0.6 is 11.3 Å². The lowest BCUT2D eigenvalue weighted by Crippen LogP contribution is -2.48. The van der Waals surface area contributed by atoms with Gasteiger partial charge in [-0.15, -0.1) is 11.3 Å². The molecule has 4 rings (SSSR count). The Hall–Kier alpha value is -2.78. The summed E-state index contributed by atoms with van der Waals surface area (Å²) in [6.07, 6.45) is -0.580. The van der Waals surface area contributed by atoms with Crippen molar-refractivity contribution in [3.63, 3.8) is 0 Å². The lowest BCUT2D eigenvalue weighted by Gasteiger charge is -2.35. The van der Waals surface area contributed by atoms with Crippen LogP contribution < -0.4 is 4.74 Å². The zero-order valence-electron chi connectivity index (χ0n) is 18.7. The Balaban J connectivity index is 1.17. The highest BCUT2D eigenvalue weighted by Gasteiger charge is 2.20. The van der Waals surface area contributed by atoms with Crippen molar-refractivity contribution in [2.45, 2.75) is 12.6 Å². The number of hydrogen-bond donors (Lipinski definition) is 1. The first-order valence-corrected chi connectivity index (χ1v) is 11.9. The summed E-state index contributed by atoms with van der Waals surface area (Å²) in [5.41, 5.74) is 2.74. The zero-order chi connectivity index (χ0) is 23.0. The second-order valence-corrected chi connectivity index (χ2v) is 8.93. The molecule has 1 unspecified atom stereocenters. The molecule has 2 heterocycles. The quantitative estimate of drug-likeness (QED) is 0.485. The van der Waals surface area contributed by atoms with Gasteiger partial charge in [0.1, 0.15) is 23.5 Å². The summed E-state index contributed by atoms with van der Waals surface area (Å²) >= 11 is 1.69. The van der Waals surface area contributed by atoms with E-state index in [0.29, 0.717) is 17.9 Å². The second kappa shape index (κ2) is 11.4. The van der Waals surface area contributed by atoms with Gasteiger partial charge in [-0.2, -0.15) is 0 Å². The predicted molar refractivity (Wildman–Crippen MR) is 129 cm³/mol. The first kappa shape index (κ1) is 23.4. The van der Waals surface area contributed by atoms with Crippen molar-refractivity contribution >= 4 is 17.3 Å². The average Bonchev–Trinajstić information content (AvgIpc) is 3.33. The Morgan fingerprint density at radius 3 is 2.45 bits per heavy atom. The van der Waals surface area contributed by atoms with E-state index >= 15 is 0 Å². The Morgan fingerprint density at radius 1 is 1.06 bits per heavy atom. The highest BCUT2D eigenvalue weighted by molar-refractivity contribution is 7.13. The molecule has 7 nitrogen and oxygen atoms in total. The number of hydrogen-bond acceptors (Lipinski definition) is 8. The van der Waals surface area contributed by atoms with Crippen LogP contribution in [0.4, 0.5) is 0 Å². The highest BCUT2D eigenvalue weighted by atomic mass is 32.1. The summed E-state index contributed by atoms with van der Waals surface area (Å²) in [5, 5.41) is 13.6. The maximum absolute atomic E-state index is 11.5. The maximum Gasteiger partial charge on any atom is 0.337 e. The molecular formula is C25H29N3O4S. The van der Waals surface area contributed by atoms with Crippen molar-refractivity contribution in [3.05, 3.63) is 71.2 Å². The fraction of sp³-hybridized carbons (Fsp3) is 0.360. The summed E-state index contributed by atoms with van der Waals surface area (Å²) in [6.45, 7) is 5.33. The highest BCUT2D eigenvalue weighted by Crippen LogP contribution is 2.24. The summed E-state index contributed by atoms with van der Waals surface area (Å²) in [7, 11) is 1.35. The molecule has 2 aromatic carbocycles. The van der Waals surface area contributed by atoms with Gasteiger partial charge in [-0.1, -0.05) is 30.3 Å². The number of methoxy groups -OCH3 is 1. The molecule has 1 aliphatic heterocycles. The summed E-state index contributed by atoms with van der Waals surface area (Å²) in [4.78, 5) is 21.0. The average molecular weight is 468 g/mol. The molecule has 8 heteroatoms. The fourth-order valence-electron chi connectivity index (χ4n) is 3.80. The van der Waals surface area contributed by atoms with Crippen molar-refractivity contribution in [2.75, 3.05) is 46.4 Å². The van der Waals surface area contributed by atoms with Gasteiger partial charge in [0.05, 0.1) is 18.4 Å². The molecule has 1 saturated heterocycles. The predicted octanol–water partition coefficient (Wildman–Crippen LogP) is 3.15. The summed E-state index contributed by atoms with van der Waals surface area (Å²) in [5.74, 6) is 0.233. The molecule has 0 spiro atoms. The number of aromatic nitrogens is 1.